The summed E-state index contributed by atoms with van der Waals surface area (Å²) in [5.41, 5.74) is 6.15. The molecule has 1 N–H and O–H groups in total. The fourth-order valence-electron chi connectivity index (χ4n) is 5.36. The minimum absolute atomic E-state index is 0.219. The molecule has 1 saturated heterocycles. The van der Waals surface area contributed by atoms with Gasteiger partial charge >= 0.3 is 10.2 Å². The molecule has 252 valence electrons. The van der Waals surface area contributed by atoms with E-state index in [1.807, 2.05) is 58.0 Å². The van der Waals surface area contributed by atoms with Gasteiger partial charge < -0.3 is 9.30 Å². The standard InChI is InChI=1S/C38H36Cl2N4O4S/c1-38(2,3)19-20-48-32-6-4-5-29(21-32)28-12-7-26(8-13-28)11-18-36-41-35(33-17-14-30(39)22-34(33)40)24-43(36)23-27-9-15-31(16-10-27)44-25-37(45)42-49(44,46)47/h4-18,21-22,24H,19-20,23,25H2,1-3H3,(H,42,45)/b18-11+. The first-order valence-electron chi connectivity index (χ1n) is 15.8. The van der Waals surface area contributed by atoms with Crippen LogP contribution in [-0.2, 0) is 21.5 Å². The molecule has 0 saturated carbocycles. The number of benzene rings is 4. The monoisotopic (exact) mass is 714 g/mol. The number of halogens is 2. The molecule has 1 amide bonds. The van der Waals surface area contributed by atoms with E-state index in [0.29, 0.717) is 40.4 Å². The third-order valence-electron chi connectivity index (χ3n) is 8.04. The van der Waals surface area contributed by atoms with Crippen LogP contribution in [0.2, 0.25) is 10.0 Å². The highest BCUT2D eigenvalue weighted by molar-refractivity contribution is 7.92. The van der Waals surface area contributed by atoms with E-state index in [1.165, 1.54) is 0 Å². The van der Waals surface area contributed by atoms with Crippen molar-refractivity contribution in [3.05, 3.63) is 124 Å². The first-order valence-corrected chi connectivity index (χ1v) is 18.0. The van der Waals surface area contributed by atoms with E-state index in [2.05, 4.69) is 57.2 Å². The molecule has 0 radical (unpaired) electrons. The Balaban J connectivity index is 1.23. The Hall–Kier alpha value is -4.57. The van der Waals surface area contributed by atoms with Crippen LogP contribution in [0.3, 0.4) is 0 Å². The maximum Gasteiger partial charge on any atom is 0.326 e. The SMILES string of the molecule is CC(C)(C)CCOc1cccc(-c2ccc(/C=C/c3nc(-c4ccc(Cl)cc4Cl)cn3Cc3ccc(N4CC(=O)NS4(=O)=O)cc3)cc2)c1. The highest BCUT2D eigenvalue weighted by atomic mass is 35.5. The molecule has 8 nitrogen and oxygen atoms in total. The minimum atomic E-state index is -3.88. The third-order valence-corrected chi connectivity index (χ3v) is 9.99. The molecule has 1 fully saturated rings. The Bertz CT molecular complexity index is 2120. The molecule has 49 heavy (non-hydrogen) atoms. The molecule has 0 bridgehead atoms. The molecule has 1 aliphatic rings. The first kappa shape index (κ1) is 34.3. The van der Waals surface area contributed by atoms with Crippen molar-refractivity contribution in [1.82, 2.24) is 14.3 Å². The van der Waals surface area contributed by atoms with E-state index in [9.17, 15) is 13.2 Å². The molecular formula is C38H36Cl2N4O4S. The highest BCUT2D eigenvalue weighted by Crippen LogP contribution is 2.31. The number of amides is 1. The number of carbonyl (C=O) groups is 1. The summed E-state index contributed by atoms with van der Waals surface area (Å²) in [4.78, 5) is 16.6. The maximum absolute atomic E-state index is 12.3. The van der Waals surface area contributed by atoms with Crippen molar-refractivity contribution in [2.45, 2.75) is 33.7 Å². The minimum Gasteiger partial charge on any atom is -0.494 e. The van der Waals surface area contributed by atoms with Crippen molar-refractivity contribution in [3.8, 4) is 28.1 Å². The lowest BCUT2D eigenvalue weighted by Gasteiger charge is -2.18. The number of aromatic nitrogens is 2. The van der Waals surface area contributed by atoms with Crippen LogP contribution in [0, 0.1) is 5.41 Å². The fraction of sp³-hybridized carbons (Fsp3) is 0.211. The molecule has 0 unspecified atom stereocenters. The average molecular weight is 716 g/mol. The second kappa shape index (κ2) is 14.1. The summed E-state index contributed by atoms with van der Waals surface area (Å²) < 4.78 is 35.6. The van der Waals surface area contributed by atoms with Crippen molar-refractivity contribution in [3.63, 3.8) is 0 Å². The molecular weight excluding hydrogens is 679 g/mol. The predicted octanol–water partition coefficient (Wildman–Crippen LogP) is 8.74. The van der Waals surface area contributed by atoms with Crippen LogP contribution in [0.4, 0.5) is 5.69 Å². The largest absolute Gasteiger partial charge is 0.494 e. The van der Waals surface area contributed by atoms with Gasteiger partial charge in [0.2, 0.25) is 0 Å². The summed E-state index contributed by atoms with van der Waals surface area (Å²) in [5, 5.41) is 1.03. The summed E-state index contributed by atoms with van der Waals surface area (Å²) in [5.74, 6) is 0.996. The summed E-state index contributed by atoms with van der Waals surface area (Å²) in [6, 6.07) is 28.8. The van der Waals surface area contributed by atoms with Crippen molar-refractivity contribution < 1.29 is 17.9 Å². The summed E-state index contributed by atoms with van der Waals surface area (Å²) in [7, 11) is -3.88. The molecule has 4 aromatic carbocycles. The number of hydrogen-bond donors (Lipinski definition) is 1. The van der Waals surface area contributed by atoms with Crippen molar-refractivity contribution in [2.75, 3.05) is 17.5 Å². The van der Waals surface area contributed by atoms with Gasteiger partial charge in [-0.05, 0) is 82.6 Å². The lowest BCUT2D eigenvalue weighted by molar-refractivity contribution is -0.117. The smallest absolute Gasteiger partial charge is 0.326 e. The van der Waals surface area contributed by atoms with Gasteiger partial charge in [-0.1, -0.05) is 98.6 Å². The molecule has 6 rings (SSSR count). The molecule has 1 aliphatic heterocycles. The molecule has 2 heterocycles. The number of hydrogen-bond acceptors (Lipinski definition) is 5. The van der Waals surface area contributed by atoms with Crippen LogP contribution in [0.15, 0.2) is 97.2 Å². The number of carbonyl (C=O) groups excluding carboxylic acids is 1. The lowest BCUT2D eigenvalue weighted by atomic mass is 9.93. The van der Waals surface area contributed by atoms with Gasteiger partial charge in [-0.2, -0.15) is 8.42 Å². The van der Waals surface area contributed by atoms with Crippen LogP contribution in [-0.4, -0.2) is 37.0 Å². The number of nitrogens with one attached hydrogen (secondary N) is 1. The number of rotatable bonds is 10. The quantitative estimate of drug-likeness (QED) is 0.156. The van der Waals surface area contributed by atoms with E-state index < -0.39 is 16.1 Å². The van der Waals surface area contributed by atoms with Gasteiger partial charge in [-0.3, -0.25) is 4.79 Å². The first-order chi connectivity index (χ1) is 23.3. The zero-order chi connectivity index (χ0) is 34.8. The molecule has 0 spiro atoms. The van der Waals surface area contributed by atoms with Crippen molar-refractivity contribution in [1.29, 1.82) is 0 Å². The molecule has 11 heteroatoms. The second-order valence-corrected chi connectivity index (χ2v) is 15.5. The van der Waals surface area contributed by atoms with E-state index in [1.54, 1.807) is 24.3 Å². The van der Waals surface area contributed by atoms with Crippen LogP contribution in [0.25, 0.3) is 34.5 Å². The van der Waals surface area contributed by atoms with Gasteiger partial charge in [0.25, 0.3) is 5.91 Å². The Labute approximate surface area is 297 Å². The normalized spacial score (nSPS) is 14.4. The van der Waals surface area contributed by atoms with E-state index in [4.69, 9.17) is 32.9 Å². The van der Waals surface area contributed by atoms with Gasteiger partial charge in [-0.15, -0.1) is 0 Å². The number of imidazole rings is 1. The maximum atomic E-state index is 12.3. The van der Waals surface area contributed by atoms with Gasteiger partial charge in [0, 0.05) is 23.3 Å². The van der Waals surface area contributed by atoms with Crippen LogP contribution >= 0.6 is 23.2 Å². The fourth-order valence-corrected chi connectivity index (χ4v) is 7.01. The Morgan fingerprint density at radius 2 is 1.67 bits per heavy atom. The number of ether oxygens (including phenoxy) is 1. The van der Waals surface area contributed by atoms with Crippen LogP contribution < -0.4 is 13.8 Å². The molecule has 1 aromatic heterocycles. The number of anilines is 1. The van der Waals surface area contributed by atoms with Crippen molar-refractivity contribution in [2.24, 2.45) is 5.41 Å². The van der Waals surface area contributed by atoms with Gasteiger partial charge in [0.1, 0.15) is 18.1 Å². The molecule has 0 aliphatic carbocycles. The van der Waals surface area contributed by atoms with E-state index >= 15 is 0 Å². The Morgan fingerprint density at radius 3 is 2.35 bits per heavy atom. The third kappa shape index (κ3) is 8.54. The number of nitrogens with zero attached hydrogens (tertiary/aromatic N) is 3. The molecule has 0 atom stereocenters. The summed E-state index contributed by atoms with van der Waals surface area (Å²) >= 11 is 12.7. The van der Waals surface area contributed by atoms with Gasteiger partial charge in [0.05, 0.1) is 23.0 Å². The highest BCUT2D eigenvalue weighted by Gasteiger charge is 2.33. The summed E-state index contributed by atoms with van der Waals surface area (Å²) in [6.07, 6.45) is 6.86. The average Bonchev–Trinajstić information content (AvgIpc) is 3.57. The van der Waals surface area contributed by atoms with E-state index in [0.717, 1.165) is 44.3 Å². The van der Waals surface area contributed by atoms with Gasteiger partial charge in [-0.25, -0.2) is 14.0 Å². The van der Waals surface area contributed by atoms with Crippen molar-refractivity contribution >= 4 is 57.2 Å². The van der Waals surface area contributed by atoms with Crippen LogP contribution in [0.1, 0.15) is 44.1 Å². The second-order valence-electron chi connectivity index (χ2n) is 13.1. The Kier molecular flexibility index (Phi) is 9.88. The molecule has 5 aromatic rings. The topological polar surface area (TPSA) is 93.5 Å². The Morgan fingerprint density at radius 1 is 0.918 bits per heavy atom. The van der Waals surface area contributed by atoms with Gasteiger partial charge in [0.15, 0.2) is 0 Å². The zero-order valence-corrected chi connectivity index (χ0v) is 29.7. The predicted molar refractivity (Wildman–Crippen MR) is 198 cm³/mol. The lowest BCUT2D eigenvalue weighted by Crippen LogP contribution is -2.29. The van der Waals surface area contributed by atoms with Crippen LogP contribution in [0.5, 0.6) is 5.75 Å². The summed E-state index contributed by atoms with van der Waals surface area (Å²) in [6.45, 7) is 7.50. The van der Waals surface area contributed by atoms with E-state index in [-0.39, 0.29) is 12.0 Å². The zero-order valence-electron chi connectivity index (χ0n) is 27.4.